The maximum atomic E-state index is 15.8. The molecule has 1 aromatic heterocycles. The Kier molecular flexibility index (Phi) is 7.57. The highest BCUT2D eigenvalue weighted by atomic mass is 19.4. The lowest BCUT2D eigenvalue weighted by molar-refractivity contribution is -0.274. The molecule has 0 saturated carbocycles. The molecule has 0 radical (unpaired) electrons. The van der Waals surface area contributed by atoms with Crippen LogP contribution in [0.25, 0.3) is 11.1 Å². The number of hydrogen-bond donors (Lipinski definition) is 2. The average Bonchev–Trinajstić information content (AvgIpc) is 3.32. The maximum Gasteiger partial charge on any atom is 0.573 e. The molecule has 1 heterocycles. The summed E-state index contributed by atoms with van der Waals surface area (Å²) < 4.78 is 106. The van der Waals surface area contributed by atoms with E-state index < -0.39 is 59.4 Å². The molecule has 0 spiro atoms. The number of amides is 1. The third kappa shape index (κ3) is 5.48. The topological polar surface area (TPSA) is 103 Å². The SMILES string of the molecule is O=C(OF)C(F)(F)C(Nc1nc2ccccc2o1)(C(=O)NCc1ccccc1OC(F)(F)F)c1ccc(F)cc1. The quantitative estimate of drug-likeness (QED) is 0.254. The standard InChI is InChI=1S/C25H16F7N3O5/c26-16-11-9-15(10-12-16)23(24(27,28)21(37)40-32,35-22-34-17-6-2-4-8-19(17)38-22)20(36)33-13-14-5-1-3-7-18(14)39-25(29,30)31/h1-12H,13H2,(H,33,36)(H,34,35). The Labute approximate surface area is 219 Å². The van der Waals surface area contributed by atoms with Gasteiger partial charge in [-0.3, -0.25) is 4.79 Å². The molecule has 0 aliphatic heterocycles. The van der Waals surface area contributed by atoms with Gasteiger partial charge in [-0.25, -0.2) is 14.1 Å². The third-order valence-electron chi connectivity index (χ3n) is 5.64. The van der Waals surface area contributed by atoms with E-state index in [0.717, 1.165) is 12.1 Å². The number of alkyl halides is 5. The summed E-state index contributed by atoms with van der Waals surface area (Å²) >= 11 is 0. The minimum absolute atomic E-state index is 0.0630. The van der Waals surface area contributed by atoms with E-state index in [1.807, 2.05) is 10.6 Å². The molecular weight excluding hydrogens is 555 g/mol. The van der Waals surface area contributed by atoms with Crippen molar-refractivity contribution in [3.8, 4) is 5.75 Å². The van der Waals surface area contributed by atoms with Crippen LogP contribution >= 0.6 is 0 Å². The average molecular weight is 571 g/mol. The number of carbonyl (C=O) groups is 2. The van der Waals surface area contributed by atoms with Crippen molar-refractivity contribution in [1.29, 1.82) is 0 Å². The Bertz CT molecular complexity index is 1490. The first-order valence-corrected chi connectivity index (χ1v) is 11.1. The summed E-state index contributed by atoms with van der Waals surface area (Å²) in [4.78, 5) is 32.3. The number of oxazole rings is 1. The number of rotatable bonds is 9. The molecule has 4 aromatic rings. The number of hydrogen-bond acceptors (Lipinski definition) is 7. The molecule has 0 aliphatic carbocycles. The lowest BCUT2D eigenvalue weighted by Crippen LogP contribution is -2.64. The smallest absolute Gasteiger partial charge is 0.424 e. The van der Waals surface area contributed by atoms with Crippen LogP contribution in [0.2, 0.25) is 0 Å². The summed E-state index contributed by atoms with van der Waals surface area (Å²) in [6.45, 7) is -0.843. The van der Waals surface area contributed by atoms with Gasteiger partial charge in [0.25, 0.3) is 11.9 Å². The van der Waals surface area contributed by atoms with Crippen LogP contribution in [0.3, 0.4) is 0 Å². The van der Waals surface area contributed by atoms with Gasteiger partial charge in [-0.1, -0.05) is 42.5 Å². The number of nitrogens with zero attached hydrogens (tertiary/aromatic N) is 1. The Morgan fingerprint density at radius 3 is 2.20 bits per heavy atom. The van der Waals surface area contributed by atoms with Crippen molar-refractivity contribution in [2.45, 2.75) is 24.4 Å². The minimum Gasteiger partial charge on any atom is -0.424 e. The maximum absolute atomic E-state index is 15.8. The summed E-state index contributed by atoms with van der Waals surface area (Å²) in [6.07, 6.45) is -5.12. The number of halogens is 7. The predicted octanol–water partition coefficient (Wildman–Crippen LogP) is 5.55. The molecule has 0 bridgehead atoms. The van der Waals surface area contributed by atoms with E-state index >= 15 is 8.78 Å². The van der Waals surface area contributed by atoms with Crippen molar-refractivity contribution in [1.82, 2.24) is 10.3 Å². The Morgan fingerprint density at radius 1 is 0.900 bits per heavy atom. The van der Waals surface area contributed by atoms with Gasteiger partial charge >= 0.3 is 18.3 Å². The van der Waals surface area contributed by atoms with Crippen LogP contribution in [0.5, 0.6) is 5.75 Å². The van der Waals surface area contributed by atoms with Crippen LogP contribution in [0.4, 0.5) is 36.9 Å². The monoisotopic (exact) mass is 571 g/mol. The highest BCUT2D eigenvalue weighted by molar-refractivity contribution is 5.98. The van der Waals surface area contributed by atoms with Gasteiger partial charge in [-0.05, 0) is 35.9 Å². The molecule has 0 aliphatic rings. The first-order chi connectivity index (χ1) is 18.9. The highest BCUT2D eigenvalue weighted by Crippen LogP contribution is 2.43. The second-order valence-electron chi connectivity index (χ2n) is 8.15. The molecule has 0 saturated heterocycles. The molecule has 1 amide bonds. The zero-order valence-electron chi connectivity index (χ0n) is 19.8. The normalized spacial score (nSPS) is 13.4. The zero-order valence-corrected chi connectivity index (χ0v) is 19.8. The van der Waals surface area contributed by atoms with Crippen LogP contribution in [0, 0.1) is 5.82 Å². The van der Waals surface area contributed by atoms with E-state index in [0.29, 0.717) is 24.3 Å². The number of aromatic nitrogens is 1. The van der Waals surface area contributed by atoms with Crippen molar-refractivity contribution in [3.05, 3.63) is 89.7 Å². The largest absolute Gasteiger partial charge is 0.573 e. The van der Waals surface area contributed by atoms with Crippen LogP contribution in [0.1, 0.15) is 11.1 Å². The zero-order chi connectivity index (χ0) is 29.1. The first-order valence-electron chi connectivity index (χ1n) is 11.1. The Balaban J connectivity index is 1.83. The van der Waals surface area contributed by atoms with E-state index in [9.17, 15) is 31.7 Å². The molecule has 4 rings (SSSR count). The minimum atomic E-state index is -5.12. The van der Waals surface area contributed by atoms with Gasteiger partial charge in [0, 0.05) is 16.6 Å². The van der Waals surface area contributed by atoms with Gasteiger partial charge in [-0.2, -0.15) is 13.8 Å². The molecule has 1 atom stereocenters. The van der Waals surface area contributed by atoms with E-state index in [1.54, 1.807) is 0 Å². The first kappa shape index (κ1) is 28.2. The summed E-state index contributed by atoms with van der Waals surface area (Å²) in [5.41, 5.74) is -4.53. The number of ether oxygens (including phenoxy) is 1. The summed E-state index contributed by atoms with van der Waals surface area (Å²) in [7, 11) is 0. The van der Waals surface area contributed by atoms with Gasteiger partial charge in [-0.15, -0.1) is 13.2 Å². The molecule has 1 unspecified atom stereocenters. The van der Waals surface area contributed by atoms with Crippen molar-refractivity contribution < 1.29 is 54.6 Å². The third-order valence-corrected chi connectivity index (χ3v) is 5.64. The number of anilines is 1. The molecule has 8 nitrogen and oxygen atoms in total. The van der Waals surface area contributed by atoms with E-state index in [2.05, 4.69) is 14.7 Å². The van der Waals surface area contributed by atoms with E-state index in [1.165, 1.54) is 36.4 Å². The van der Waals surface area contributed by atoms with Crippen LogP contribution in [0.15, 0.2) is 77.2 Å². The van der Waals surface area contributed by atoms with Crippen molar-refractivity contribution in [2.24, 2.45) is 0 Å². The summed E-state index contributed by atoms with van der Waals surface area (Å²) in [5, 5.41) is 4.02. The Hall–Kier alpha value is -4.82. The van der Waals surface area contributed by atoms with Gasteiger partial charge in [0.1, 0.15) is 17.1 Å². The fourth-order valence-corrected chi connectivity index (χ4v) is 3.83. The molecule has 3 aromatic carbocycles. The van der Waals surface area contributed by atoms with E-state index in [4.69, 9.17) is 4.42 Å². The number of benzene rings is 3. The summed E-state index contributed by atoms with van der Waals surface area (Å²) in [5.74, 6) is -11.4. The van der Waals surface area contributed by atoms with Crippen molar-refractivity contribution >= 4 is 29.0 Å². The van der Waals surface area contributed by atoms with E-state index in [-0.39, 0.29) is 16.7 Å². The molecule has 15 heteroatoms. The number of para-hydroxylation sites is 3. The van der Waals surface area contributed by atoms with Gasteiger partial charge in [0.15, 0.2) is 5.58 Å². The van der Waals surface area contributed by atoms with Gasteiger partial charge < -0.3 is 19.8 Å². The second kappa shape index (κ2) is 10.7. The van der Waals surface area contributed by atoms with Crippen molar-refractivity contribution in [3.63, 3.8) is 0 Å². The number of fused-ring (bicyclic) bond motifs is 1. The highest BCUT2D eigenvalue weighted by Gasteiger charge is 2.67. The van der Waals surface area contributed by atoms with Crippen LogP contribution in [-0.4, -0.2) is 29.1 Å². The number of nitrogens with one attached hydrogen (secondary N) is 2. The molecule has 40 heavy (non-hydrogen) atoms. The van der Waals surface area contributed by atoms with Crippen molar-refractivity contribution in [2.75, 3.05) is 5.32 Å². The predicted molar refractivity (Wildman–Crippen MR) is 123 cm³/mol. The molecule has 210 valence electrons. The number of carbonyl (C=O) groups excluding carboxylic acids is 2. The molecule has 0 fully saturated rings. The lowest BCUT2D eigenvalue weighted by Gasteiger charge is -2.37. The lowest BCUT2D eigenvalue weighted by atomic mass is 9.82. The van der Waals surface area contributed by atoms with Gasteiger partial charge in [0.05, 0.1) is 0 Å². The van der Waals surface area contributed by atoms with Gasteiger partial charge in [0.2, 0.25) is 5.54 Å². The summed E-state index contributed by atoms with van der Waals surface area (Å²) in [6, 6.07) is 12.4. The van der Waals surface area contributed by atoms with Crippen LogP contribution in [-0.2, 0) is 26.6 Å². The Morgan fingerprint density at radius 2 is 1.55 bits per heavy atom. The second-order valence-corrected chi connectivity index (χ2v) is 8.15. The van der Waals surface area contributed by atoms with Crippen LogP contribution < -0.4 is 15.4 Å². The molecule has 2 N–H and O–H groups in total. The fraction of sp³-hybridized carbons (Fsp3) is 0.160. The molecular formula is C25H16F7N3O5. The fourth-order valence-electron chi connectivity index (χ4n) is 3.83.